The Hall–Kier alpha value is -2.61. The zero-order chi connectivity index (χ0) is 22.9. The number of ether oxygens (including phenoxy) is 3. The highest BCUT2D eigenvalue weighted by molar-refractivity contribution is 5.92. The molecule has 0 aromatic heterocycles. The van der Waals surface area contributed by atoms with E-state index < -0.39 is 35.2 Å². The van der Waals surface area contributed by atoms with E-state index in [4.69, 9.17) is 14.2 Å². The number of carbonyl (C=O) groups is 3. The first kappa shape index (κ1) is 24.7. The summed E-state index contributed by atoms with van der Waals surface area (Å²) in [7, 11) is 1.31. The molecule has 1 aromatic carbocycles. The number of benzene rings is 1. The van der Waals surface area contributed by atoms with Crippen LogP contribution < -0.4 is 10.6 Å². The topological polar surface area (TPSA) is 103 Å². The van der Waals surface area contributed by atoms with Crippen LogP contribution in [0.2, 0.25) is 0 Å². The van der Waals surface area contributed by atoms with E-state index in [1.807, 2.05) is 51.1 Å². The van der Waals surface area contributed by atoms with Crippen LogP contribution in [0.5, 0.6) is 0 Å². The van der Waals surface area contributed by atoms with Crippen LogP contribution in [0.25, 0.3) is 0 Å². The first-order valence-corrected chi connectivity index (χ1v) is 10.7. The van der Waals surface area contributed by atoms with E-state index in [2.05, 4.69) is 10.6 Å². The maximum absolute atomic E-state index is 13.1. The number of esters is 1. The molecule has 1 aliphatic rings. The van der Waals surface area contributed by atoms with Crippen LogP contribution in [0, 0.1) is 0 Å². The molecule has 1 aromatic rings. The van der Waals surface area contributed by atoms with E-state index in [0.29, 0.717) is 12.8 Å². The molecule has 2 rings (SSSR count). The highest BCUT2D eigenvalue weighted by atomic mass is 16.6. The Bertz CT molecular complexity index is 738. The van der Waals surface area contributed by atoms with Gasteiger partial charge in [-0.25, -0.2) is 9.59 Å². The Kier molecular flexibility index (Phi) is 8.86. The average Bonchev–Trinajstić information content (AvgIpc) is 2.75. The molecule has 8 heteroatoms. The van der Waals surface area contributed by atoms with E-state index in [0.717, 1.165) is 24.8 Å². The minimum Gasteiger partial charge on any atom is -0.467 e. The van der Waals surface area contributed by atoms with Gasteiger partial charge in [-0.05, 0) is 39.2 Å². The van der Waals surface area contributed by atoms with Gasteiger partial charge >= 0.3 is 12.1 Å². The summed E-state index contributed by atoms with van der Waals surface area (Å²) in [5.41, 5.74) is -0.768. The lowest BCUT2D eigenvalue weighted by Crippen LogP contribution is -2.61. The summed E-state index contributed by atoms with van der Waals surface area (Å²) in [4.78, 5) is 37.9. The normalized spacial score (nSPS) is 16.6. The minimum absolute atomic E-state index is 0.0625. The molecule has 0 heterocycles. The molecule has 1 atom stereocenters. The minimum atomic E-state index is -1.08. The smallest absolute Gasteiger partial charge is 0.408 e. The van der Waals surface area contributed by atoms with Gasteiger partial charge in [0.1, 0.15) is 18.2 Å². The van der Waals surface area contributed by atoms with Crippen LogP contribution in [0.15, 0.2) is 30.3 Å². The highest BCUT2D eigenvalue weighted by Gasteiger charge is 2.43. The molecule has 8 nitrogen and oxygen atoms in total. The van der Waals surface area contributed by atoms with Crippen molar-refractivity contribution in [3.05, 3.63) is 35.9 Å². The van der Waals surface area contributed by atoms with Gasteiger partial charge in [0.25, 0.3) is 0 Å². The van der Waals surface area contributed by atoms with Crippen molar-refractivity contribution in [2.75, 3.05) is 13.7 Å². The van der Waals surface area contributed by atoms with Gasteiger partial charge < -0.3 is 24.8 Å². The third kappa shape index (κ3) is 7.86. The van der Waals surface area contributed by atoms with Crippen LogP contribution in [0.1, 0.15) is 58.4 Å². The SMILES string of the molecule is COC(=O)C1(NC(=O)[C@@H](COC(C)(C)C)NC(=O)OCc2ccccc2)CCCCC1. The molecule has 0 bridgehead atoms. The number of amides is 2. The summed E-state index contributed by atoms with van der Waals surface area (Å²) in [5, 5.41) is 5.41. The fraction of sp³-hybridized carbons (Fsp3) is 0.609. The van der Waals surface area contributed by atoms with E-state index >= 15 is 0 Å². The number of carbonyl (C=O) groups excluding carboxylic acids is 3. The molecule has 172 valence electrons. The Morgan fingerprint density at radius 1 is 1.06 bits per heavy atom. The van der Waals surface area contributed by atoms with Crippen molar-refractivity contribution >= 4 is 18.0 Å². The van der Waals surface area contributed by atoms with Crippen molar-refractivity contribution in [3.63, 3.8) is 0 Å². The lowest BCUT2D eigenvalue weighted by molar-refractivity contribution is -0.153. The molecule has 1 aliphatic carbocycles. The lowest BCUT2D eigenvalue weighted by atomic mass is 9.81. The Labute approximate surface area is 184 Å². The number of alkyl carbamates (subject to hydrolysis) is 1. The summed E-state index contributed by atoms with van der Waals surface area (Å²) >= 11 is 0. The fourth-order valence-electron chi connectivity index (χ4n) is 3.48. The Balaban J connectivity index is 2.06. The lowest BCUT2D eigenvalue weighted by Gasteiger charge is -2.36. The van der Waals surface area contributed by atoms with Crippen LogP contribution in [0.3, 0.4) is 0 Å². The average molecular weight is 435 g/mol. The molecule has 0 saturated heterocycles. The number of hydrogen-bond donors (Lipinski definition) is 2. The van der Waals surface area contributed by atoms with Gasteiger partial charge in [-0.15, -0.1) is 0 Å². The third-order valence-corrected chi connectivity index (χ3v) is 5.15. The molecule has 0 unspecified atom stereocenters. The molecule has 0 aliphatic heterocycles. The maximum atomic E-state index is 13.1. The van der Waals surface area contributed by atoms with Gasteiger partial charge in [-0.2, -0.15) is 0 Å². The number of nitrogens with one attached hydrogen (secondary N) is 2. The Morgan fingerprint density at radius 2 is 1.71 bits per heavy atom. The first-order valence-electron chi connectivity index (χ1n) is 10.7. The van der Waals surface area contributed by atoms with Crippen LogP contribution >= 0.6 is 0 Å². The van der Waals surface area contributed by atoms with Gasteiger partial charge in [0.05, 0.1) is 19.3 Å². The monoisotopic (exact) mass is 434 g/mol. The molecular formula is C23H34N2O6. The molecule has 0 spiro atoms. The summed E-state index contributed by atoms with van der Waals surface area (Å²) in [6.45, 7) is 5.58. The zero-order valence-electron chi connectivity index (χ0n) is 18.9. The van der Waals surface area contributed by atoms with Gasteiger partial charge in [0, 0.05) is 0 Å². The predicted octanol–water partition coefficient (Wildman–Crippen LogP) is 3.09. The summed E-state index contributed by atoms with van der Waals surface area (Å²) in [5.74, 6) is -0.976. The number of methoxy groups -OCH3 is 1. The highest BCUT2D eigenvalue weighted by Crippen LogP contribution is 2.29. The quantitative estimate of drug-likeness (QED) is 0.610. The van der Waals surface area contributed by atoms with Gasteiger partial charge in [-0.1, -0.05) is 49.6 Å². The van der Waals surface area contributed by atoms with Crippen LogP contribution in [-0.2, 0) is 30.4 Å². The second-order valence-corrected chi connectivity index (χ2v) is 8.81. The van der Waals surface area contributed by atoms with Crippen molar-refractivity contribution in [2.24, 2.45) is 0 Å². The molecule has 2 N–H and O–H groups in total. The molecule has 31 heavy (non-hydrogen) atoms. The van der Waals surface area contributed by atoms with E-state index in [9.17, 15) is 14.4 Å². The molecular weight excluding hydrogens is 400 g/mol. The summed E-state index contributed by atoms with van der Waals surface area (Å²) in [6, 6.07) is 8.22. The molecule has 1 saturated carbocycles. The summed E-state index contributed by atoms with van der Waals surface area (Å²) < 4.78 is 15.9. The largest absolute Gasteiger partial charge is 0.467 e. The van der Waals surface area contributed by atoms with E-state index in [-0.39, 0.29) is 13.2 Å². The van der Waals surface area contributed by atoms with E-state index in [1.54, 1.807) is 0 Å². The number of rotatable bonds is 8. The fourth-order valence-corrected chi connectivity index (χ4v) is 3.48. The summed E-state index contributed by atoms with van der Waals surface area (Å²) in [6.07, 6.45) is 2.87. The molecule has 1 fully saturated rings. The molecule has 2 amide bonds. The van der Waals surface area contributed by atoms with Crippen LogP contribution in [0.4, 0.5) is 4.79 Å². The van der Waals surface area contributed by atoms with Gasteiger partial charge in [0.15, 0.2) is 0 Å². The predicted molar refractivity (Wildman–Crippen MR) is 115 cm³/mol. The van der Waals surface area contributed by atoms with Crippen molar-refractivity contribution < 1.29 is 28.6 Å². The van der Waals surface area contributed by atoms with Crippen molar-refractivity contribution in [2.45, 2.75) is 76.7 Å². The van der Waals surface area contributed by atoms with Crippen molar-refractivity contribution in [1.82, 2.24) is 10.6 Å². The van der Waals surface area contributed by atoms with Crippen LogP contribution in [-0.4, -0.2) is 48.9 Å². The van der Waals surface area contributed by atoms with Gasteiger partial charge in [0.2, 0.25) is 5.91 Å². The number of hydrogen-bond acceptors (Lipinski definition) is 6. The first-order chi connectivity index (χ1) is 14.6. The third-order valence-electron chi connectivity index (χ3n) is 5.15. The molecule has 0 radical (unpaired) electrons. The maximum Gasteiger partial charge on any atom is 0.408 e. The Morgan fingerprint density at radius 3 is 2.29 bits per heavy atom. The van der Waals surface area contributed by atoms with Gasteiger partial charge in [-0.3, -0.25) is 4.79 Å². The zero-order valence-corrected chi connectivity index (χ0v) is 18.9. The second kappa shape index (κ2) is 11.1. The second-order valence-electron chi connectivity index (χ2n) is 8.81. The van der Waals surface area contributed by atoms with Crippen molar-refractivity contribution in [1.29, 1.82) is 0 Å². The van der Waals surface area contributed by atoms with E-state index in [1.165, 1.54) is 7.11 Å². The van der Waals surface area contributed by atoms with Crippen molar-refractivity contribution in [3.8, 4) is 0 Å². The standard InChI is InChI=1S/C23H34N2O6/c1-22(2,3)31-16-18(24-21(28)30-15-17-11-7-5-8-12-17)19(26)25-23(20(27)29-4)13-9-6-10-14-23/h5,7-8,11-12,18H,6,9-10,13-16H2,1-4H3,(H,24,28)(H,25,26)/t18-/m1/s1.